The lowest BCUT2D eigenvalue weighted by Gasteiger charge is -2.03. The summed E-state index contributed by atoms with van der Waals surface area (Å²) in [5.74, 6) is 0.252. The maximum Gasteiger partial charge on any atom is 0.159 e. The monoisotopic (exact) mass is 422 g/mol. The molecule has 5 heterocycles. The van der Waals surface area contributed by atoms with Gasteiger partial charge in [-0.25, -0.2) is 14.4 Å². The zero-order valence-corrected chi connectivity index (χ0v) is 16.8. The molecule has 6 aromatic rings. The third-order valence-electron chi connectivity index (χ3n) is 5.22. The lowest BCUT2D eigenvalue weighted by Crippen LogP contribution is -1.88. The SMILES string of the molecule is Cc1cc(F)cc(-c2nccc3[nH]c(-c4n[nH]c5ncc(-c6cnccn6)cc45)nc23)c1. The second-order valence-electron chi connectivity index (χ2n) is 7.44. The van der Waals surface area contributed by atoms with Crippen molar-refractivity contribution >= 4 is 22.1 Å². The Kier molecular flexibility index (Phi) is 4.00. The molecule has 0 saturated carbocycles. The summed E-state index contributed by atoms with van der Waals surface area (Å²) in [6.45, 7) is 1.85. The molecule has 0 saturated heterocycles. The van der Waals surface area contributed by atoms with Gasteiger partial charge in [0.2, 0.25) is 0 Å². The fraction of sp³-hybridized carbons (Fsp3) is 0.0435. The Bertz CT molecular complexity index is 1580. The van der Waals surface area contributed by atoms with E-state index in [0.29, 0.717) is 39.6 Å². The first kappa shape index (κ1) is 18.3. The number of imidazole rings is 1. The second-order valence-corrected chi connectivity index (χ2v) is 7.44. The van der Waals surface area contributed by atoms with Crippen LogP contribution in [-0.4, -0.2) is 40.1 Å². The van der Waals surface area contributed by atoms with Crippen molar-refractivity contribution in [3.05, 3.63) is 72.7 Å². The third kappa shape index (κ3) is 2.99. The van der Waals surface area contributed by atoms with Crippen LogP contribution in [0.5, 0.6) is 0 Å². The van der Waals surface area contributed by atoms with Crippen molar-refractivity contribution in [2.75, 3.05) is 0 Å². The van der Waals surface area contributed by atoms with Gasteiger partial charge in [-0.2, -0.15) is 5.10 Å². The summed E-state index contributed by atoms with van der Waals surface area (Å²) < 4.78 is 14.0. The highest BCUT2D eigenvalue weighted by molar-refractivity contribution is 5.96. The van der Waals surface area contributed by atoms with Gasteiger partial charge in [0.25, 0.3) is 0 Å². The van der Waals surface area contributed by atoms with E-state index in [1.165, 1.54) is 12.1 Å². The van der Waals surface area contributed by atoms with Crippen LogP contribution in [0.2, 0.25) is 0 Å². The number of aromatic nitrogens is 8. The summed E-state index contributed by atoms with van der Waals surface area (Å²) in [6, 6.07) is 8.62. The number of benzene rings is 1. The Morgan fingerprint density at radius 2 is 1.81 bits per heavy atom. The molecule has 6 rings (SSSR count). The van der Waals surface area contributed by atoms with Gasteiger partial charge in [0, 0.05) is 35.9 Å². The standard InChI is InChI=1S/C23H15FN8/c1-12-6-13(8-15(24)7-12)19-21-17(2-3-27-19)29-23(30-21)20-16-9-14(10-28-22(16)32-31-20)18-11-25-4-5-26-18/h2-11H,1H3,(H,29,30)(H,28,31,32). The molecular formula is C23H15FN8. The van der Waals surface area contributed by atoms with Crippen LogP contribution in [0.1, 0.15) is 5.56 Å². The van der Waals surface area contributed by atoms with Gasteiger partial charge in [0.15, 0.2) is 11.5 Å². The Morgan fingerprint density at radius 1 is 0.875 bits per heavy atom. The minimum absolute atomic E-state index is 0.310. The number of hydrogen-bond donors (Lipinski definition) is 2. The molecule has 0 atom stereocenters. The van der Waals surface area contributed by atoms with Crippen molar-refractivity contribution in [1.29, 1.82) is 0 Å². The molecule has 5 aromatic heterocycles. The number of rotatable bonds is 3. The van der Waals surface area contributed by atoms with E-state index in [-0.39, 0.29) is 5.82 Å². The quantitative estimate of drug-likeness (QED) is 0.436. The number of nitrogens with zero attached hydrogens (tertiary/aromatic N) is 6. The molecule has 0 aliphatic rings. The predicted octanol–water partition coefficient (Wildman–Crippen LogP) is 4.47. The van der Waals surface area contributed by atoms with Gasteiger partial charge < -0.3 is 4.98 Å². The highest BCUT2D eigenvalue weighted by Crippen LogP contribution is 2.31. The minimum Gasteiger partial charge on any atom is -0.336 e. The van der Waals surface area contributed by atoms with Gasteiger partial charge in [-0.05, 0) is 42.8 Å². The zero-order chi connectivity index (χ0) is 21.7. The molecule has 0 unspecified atom stereocenters. The number of pyridine rings is 2. The van der Waals surface area contributed by atoms with Gasteiger partial charge in [-0.1, -0.05) is 0 Å². The third-order valence-corrected chi connectivity index (χ3v) is 5.22. The van der Waals surface area contributed by atoms with Gasteiger partial charge >= 0.3 is 0 Å². The van der Waals surface area contributed by atoms with Crippen LogP contribution >= 0.6 is 0 Å². The molecule has 9 heteroatoms. The Hall–Kier alpha value is -4.53. The number of fused-ring (bicyclic) bond motifs is 2. The van der Waals surface area contributed by atoms with E-state index in [4.69, 9.17) is 4.98 Å². The predicted molar refractivity (Wildman–Crippen MR) is 118 cm³/mol. The first-order valence-electron chi connectivity index (χ1n) is 9.89. The van der Waals surface area contributed by atoms with E-state index in [9.17, 15) is 4.39 Å². The number of halogens is 1. The van der Waals surface area contributed by atoms with Gasteiger partial charge in [-0.15, -0.1) is 0 Å². The van der Waals surface area contributed by atoms with Crippen molar-refractivity contribution in [1.82, 2.24) is 40.1 Å². The summed E-state index contributed by atoms with van der Waals surface area (Å²) in [5, 5.41) is 8.17. The summed E-state index contributed by atoms with van der Waals surface area (Å²) >= 11 is 0. The minimum atomic E-state index is -0.310. The molecule has 1 aromatic carbocycles. The van der Waals surface area contributed by atoms with E-state index >= 15 is 0 Å². The Morgan fingerprint density at radius 3 is 2.66 bits per heavy atom. The molecule has 8 nitrogen and oxygen atoms in total. The fourth-order valence-corrected chi connectivity index (χ4v) is 3.80. The highest BCUT2D eigenvalue weighted by Gasteiger charge is 2.17. The molecule has 0 radical (unpaired) electrons. The molecule has 0 spiro atoms. The molecule has 0 bridgehead atoms. The summed E-state index contributed by atoms with van der Waals surface area (Å²) in [7, 11) is 0. The number of aromatic amines is 2. The van der Waals surface area contributed by atoms with Gasteiger partial charge in [-0.3, -0.25) is 20.1 Å². The smallest absolute Gasteiger partial charge is 0.159 e. The summed E-state index contributed by atoms with van der Waals surface area (Å²) in [6.07, 6.45) is 8.34. The van der Waals surface area contributed by atoms with Crippen LogP contribution < -0.4 is 0 Å². The lowest BCUT2D eigenvalue weighted by atomic mass is 10.1. The molecule has 32 heavy (non-hydrogen) atoms. The van der Waals surface area contributed by atoms with E-state index in [1.807, 2.05) is 25.1 Å². The van der Waals surface area contributed by atoms with E-state index < -0.39 is 0 Å². The van der Waals surface area contributed by atoms with Crippen molar-refractivity contribution in [2.24, 2.45) is 0 Å². The number of hydrogen-bond acceptors (Lipinski definition) is 6. The average Bonchev–Trinajstić information content (AvgIpc) is 3.42. The van der Waals surface area contributed by atoms with Crippen LogP contribution in [0.3, 0.4) is 0 Å². The summed E-state index contributed by atoms with van der Waals surface area (Å²) in [4.78, 5) is 25.5. The Balaban J connectivity index is 1.52. The van der Waals surface area contributed by atoms with Crippen LogP contribution in [0.15, 0.2) is 61.3 Å². The van der Waals surface area contributed by atoms with Crippen LogP contribution in [0.25, 0.3) is 56.1 Å². The molecule has 0 aliphatic heterocycles. The molecule has 0 fully saturated rings. The zero-order valence-electron chi connectivity index (χ0n) is 16.8. The fourth-order valence-electron chi connectivity index (χ4n) is 3.80. The molecule has 154 valence electrons. The maximum atomic E-state index is 14.0. The number of aryl methyl sites for hydroxylation is 1. The van der Waals surface area contributed by atoms with Crippen LogP contribution in [-0.2, 0) is 0 Å². The van der Waals surface area contributed by atoms with Crippen molar-refractivity contribution in [3.8, 4) is 34.0 Å². The van der Waals surface area contributed by atoms with Crippen LogP contribution in [0, 0.1) is 12.7 Å². The first-order chi connectivity index (χ1) is 15.7. The average molecular weight is 422 g/mol. The van der Waals surface area contributed by atoms with Gasteiger partial charge in [0.05, 0.1) is 28.5 Å². The highest BCUT2D eigenvalue weighted by atomic mass is 19.1. The normalized spacial score (nSPS) is 11.4. The summed E-state index contributed by atoms with van der Waals surface area (Å²) in [5.41, 5.74) is 6.30. The van der Waals surface area contributed by atoms with Crippen molar-refractivity contribution in [2.45, 2.75) is 6.92 Å². The second kappa shape index (κ2) is 7.02. The van der Waals surface area contributed by atoms with Crippen LogP contribution in [0.4, 0.5) is 4.39 Å². The molecule has 0 aliphatic carbocycles. The number of H-pyrrole nitrogens is 2. The lowest BCUT2D eigenvalue weighted by molar-refractivity contribution is 0.627. The van der Waals surface area contributed by atoms with E-state index in [0.717, 1.165) is 22.0 Å². The van der Waals surface area contributed by atoms with E-state index in [2.05, 4.69) is 35.1 Å². The topological polar surface area (TPSA) is 109 Å². The first-order valence-corrected chi connectivity index (χ1v) is 9.89. The molecular weight excluding hydrogens is 407 g/mol. The largest absolute Gasteiger partial charge is 0.336 e. The Labute approximate surface area is 180 Å². The number of nitrogens with one attached hydrogen (secondary N) is 2. The molecule has 0 amide bonds. The van der Waals surface area contributed by atoms with E-state index in [1.54, 1.807) is 31.0 Å². The van der Waals surface area contributed by atoms with Crippen molar-refractivity contribution in [3.63, 3.8) is 0 Å². The van der Waals surface area contributed by atoms with Crippen molar-refractivity contribution < 1.29 is 4.39 Å². The molecule has 2 N–H and O–H groups in total. The maximum absolute atomic E-state index is 14.0. The van der Waals surface area contributed by atoms with Gasteiger partial charge in [0.1, 0.15) is 17.0 Å².